The monoisotopic (exact) mass is 441 g/mol. The van der Waals surface area contributed by atoms with E-state index in [2.05, 4.69) is 5.32 Å². The second kappa shape index (κ2) is 8.88. The summed E-state index contributed by atoms with van der Waals surface area (Å²) < 4.78 is 25.6. The summed E-state index contributed by atoms with van der Waals surface area (Å²) in [7, 11) is 1.24. The molecule has 4 rings (SSSR count). The number of dihydropyridines is 1. The summed E-state index contributed by atoms with van der Waals surface area (Å²) in [4.78, 5) is 39.3. The zero-order chi connectivity index (χ0) is 23.0. The lowest BCUT2D eigenvalue weighted by molar-refractivity contribution is -0.151. The first-order valence-electron chi connectivity index (χ1n) is 11.1. The molecule has 0 amide bonds. The number of nitrogens with one attached hydrogen (secondary N) is 1. The number of carbonyl (C=O) groups excluding carboxylic acids is 3. The first-order valence-corrected chi connectivity index (χ1v) is 11.1. The van der Waals surface area contributed by atoms with Crippen LogP contribution in [0.1, 0.15) is 57.4 Å². The summed E-state index contributed by atoms with van der Waals surface area (Å²) >= 11 is 0. The summed E-state index contributed by atoms with van der Waals surface area (Å²) in [6.07, 6.45) is 3.82. The molecule has 0 spiro atoms. The first kappa shape index (κ1) is 22.2. The molecule has 2 aliphatic carbocycles. The topological polar surface area (TPSA) is 81.7 Å². The summed E-state index contributed by atoms with van der Waals surface area (Å²) in [5, 5.41) is 3.19. The molecular weight excluding hydrogens is 413 g/mol. The number of allylic oxidation sites excluding steroid dienone is 3. The van der Waals surface area contributed by atoms with Crippen molar-refractivity contribution >= 4 is 17.7 Å². The van der Waals surface area contributed by atoms with Crippen LogP contribution in [0.2, 0.25) is 0 Å². The van der Waals surface area contributed by atoms with Crippen molar-refractivity contribution in [3.63, 3.8) is 0 Å². The molecule has 1 saturated carbocycles. The molecule has 1 heterocycles. The first-order chi connectivity index (χ1) is 15.3. The number of benzene rings is 1. The van der Waals surface area contributed by atoms with E-state index in [0.717, 1.165) is 25.7 Å². The Morgan fingerprint density at radius 1 is 1.16 bits per heavy atom. The number of ketones is 1. The quantitative estimate of drug-likeness (QED) is 0.563. The Bertz CT molecular complexity index is 1020. The molecule has 3 atom stereocenters. The number of carbonyl (C=O) groups is 3. The molecule has 1 aromatic rings. The van der Waals surface area contributed by atoms with Crippen LogP contribution >= 0.6 is 0 Å². The number of esters is 2. The van der Waals surface area contributed by atoms with E-state index < -0.39 is 35.4 Å². The summed E-state index contributed by atoms with van der Waals surface area (Å²) in [5.41, 5.74) is 1.83. The van der Waals surface area contributed by atoms with E-state index in [1.807, 2.05) is 6.92 Å². The van der Waals surface area contributed by atoms with E-state index in [9.17, 15) is 14.4 Å². The fraction of sp³-hybridized carbons (Fsp3) is 0.480. The molecule has 0 aromatic heterocycles. The Morgan fingerprint density at radius 3 is 2.50 bits per heavy atom. The maximum atomic E-state index is 15.0. The lowest BCUT2D eigenvalue weighted by Gasteiger charge is -2.38. The van der Waals surface area contributed by atoms with Crippen LogP contribution in [0.4, 0.5) is 4.39 Å². The highest BCUT2D eigenvalue weighted by molar-refractivity contribution is 6.12. The summed E-state index contributed by atoms with van der Waals surface area (Å²) in [6.45, 7) is 3.55. The van der Waals surface area contributed by atoms with Crippen LogP contribution < -0.4 is 5.32 Å². The van der Waals surface area contributed by atoms with Crippen LogP contribution in [0.15, 0.2) is 46.8 Å². The van der Waals surface area contributed by atoms with Gasteiger partial charge < -0.3 is 14.8 Å². The highest BCUT2D eigenvalue weighted by Crippen LogP contribution is 2.46. The SMILES string of the molecule is COC(=O)[C@@H]1C(=O)C2=C(C[C@H]1C)NC(C)=C(C(=O)OC1CCCC1)[C@@H]2c1ccccc1F. The Labute approximate surface area is 186 Å². The Kier molecular flexibility index (Phi) is 6.17. The van der Waals surface area contributed by atoms with Gasteiger partial charge >= 0.3 is 11.9 Å². The van der Waals surface area contributed by atoms with E-state index in [1.165, 1.54) is 13.2 Å². The highest BCUT2D eigenvalue weighted by atomic mass is 19.1. The highest BCUT2D eigenvalue weighted by Gasteiger charge is 2.48. The van der Waals surface area contributed by atoms with E-state index in [4.69, 9.17) is 9.47 Å². The van der Waals surface area contributed by atoms with Crippen LogP contribution in [0.25, 0.3) is 0 Å². The number of halogens is 1. The third-order valence-electron chi connectivity index (χ3n) is 6.76. The van der Waals surface area contributed by atoms with Crippen molar-refractivity contribution in [1.29, 1.82) is 0 Å². The molecule has 0 bridgehead atoms. The zero-order valence-electron chi connectivity index (χ0n) is 18.6. The second-order valence-corrected chi connectivity index (χ2v) is 8.87. The van der Waals surface area contributed by atoms with Crippen molar-refractivity contribution in [2.24, 2.45) is 11.8 Å². The molecular formula is C25H28FNO5. The normalized spacial score (nSPS) is 26.0. The van der Waals surface area contributed by atoms with Crippen molar-refractivity contribution in [2.45, 2.75) is 58.0 Å². The molecule has 0 unspecified atom stereocenters. The van der Waals surface area contributed by atoms with Gasteiger partial charge in [-0.25, -0.2) is 9.18 Å². The van der Waals surface area contributed by atoms with Gasteiger partial charge in [-0.2, -0.15) is 0 Å². The molecule has 0 radical (unpaired) electrons. The van der Waals surface area contributed by atoms with Crippen molar-refractivity contribution < 1.29 is 28.2 Å². The molecule has 1 aromatic carbocycles. The smallest absolute Gasteiger partial charge is 0.337 e. The van der Waals surface area contributed by atoms with Gasteiger partial charge in [0.15, 0.2) is 5.78 Å². The third kappa shape index (κ3) is 3.85. The predicted octanol–water partition coefficient (Wildman–Crippen LogP) is 3.92. The molecule has 1 fully saturated rings. The number of rotatable bonds is 4. The third-order valence-corrected chi connectivity index (χ3v) is 6.76. The Balaban J connectivity index is 1.82. The number of hydrogen-bond acceptors (Lipinski definition) is 6. The van der Waals surface area contributed by atoms with E-state index in [-0.39, 0.29) is 28.7 Å². The van der Waals surface area contributed by atoms with Crippen LogP contribution in [-0.2, 0) is 23.9 Å². The minimum Gasteiger partial charge on any atom is -0.468 e. The van der Waals surface area contributed by atoms with Gasteiger partial charge in [0.2, 0.25) is 0 Å². The van der Waals surface area contributed by atoms with Gasteiger partial charge in [0, 0.05) is 22.5 Å². The maximum absolute atomic E-state index is 15.0. The lowest BCUT2D eigenvalue weighted by Crippen LogP contribution is -2.43. The van der Waals surface area contributed by atoms with Crippen molar-refractivity contribution in [3.05, 3.63) is 58.2 Å². The number of ether oxygens (including phenoxy) is 2. The zero-order valence-corrected chi connectivity index (χ0v) is 18.6. The molecule has 3 aliphatic rings. The van der Waals surface area contributed by atoms with E-state index in [1.54, 1.807) is 25.1 Å². The van der Waals surface area contributed by atoms with Crippen LogP contribution in [-0.4, -0.2) is 30.9 Å². The van der Waals surface area contributed by atoms with Crippen molar-refractivity contribution in [3.8, 4) is 0 Å². The minimum absolute atomic E-state index is 0.177. The van der Waals surface area contributed by atoms with Gasteiger partial charge in [-0.1, -0.05) is 25.1 Å². The van der Waals surface area contributed by atoms with Crippen LogP contribution in [0, 0.1) is 17.7 Å². The molecule has 7 heteroatoms. The minimum atomic E-state index is -1.000. The average Bonchev–Trinajstić information content (AvgIpc) is 3.25. The number of methoxy groups -OCH3 is 1. The van der Waals surface area contributed by atoms with E-state index >= 15 is 4.39 Å². The van der Waals surface area contributed by atoms with Crippen molar-refractivity contribution in [2.75, 3.05) is 7.11 Å². The van der Waals surface area contributed by atoms with Crippen LogP contribution in [0.5, 0.6) is 0 Å². The largest absolute Gasteiger partial charge is 0.468 e. The standard InChI is InChI=1S/C25H28FNO5/c1-13-12-18-22(23(28)19(13)24(29)31-3)21(16-10-6-7-11-17(16)26)20(14(2)27-18)25(30)32-15-8-4-5-9-15/h6-7,10-11,13,15,19,21,27H,4-5,8-9,12H2,1-3H3/t13-,19+,21+/m1/s1. The van der Waals surface area contributed by atoms with Gasteiger partial charge in [0.25, 0.3) is 0 Å². The Morgan fingerprint density at radius 2 is 1.84 bits per heavy atom. The predicted molar refractivity (Wildman–Crippen MR) is 115 cm³/mol. The van der Waals surface area contributed by atoms with Gasteiger partial charge in [-0.05, 0) is 51.0 Å². The fourth-order valence-electron chi connectivity index (χ4n) is 5.19. The fourth-order valence-corrected chi connectivity index (χ4v) is 5.19. The molecule has 0 saturated heterocycles. The lowest BCUT2D eigenvalue weighted by atomic mass is 9.69. The summed E-state index contributed by atoms with van der Waals surface area (Å²) in [6, 6.07) is 6.11. The van der Waals surface area contributed by atoms with Gasteiger partial charge in [-0.15, -0.1) is 0 Å². The van der Waals surface area contributed by atoms with Gasteiger partial charge in [0.05, 0.1) is 18.6 Å². The van der Waals surface area contributed by atoms with Crippen LogP contribution in [0.3, 0.4) is 0 Å². The molecule has 6 nitrogen and oxygen atoms in total. The molecule has 170 valence electrons. The van der Waals surface area contributed by atoms with Gasteiger partial charge in [0.1, 0.15) is 17.8 Å². The van der Waals surface area contributed by atoms with E-state index in [0.29, 0.717) is 17.8 Å². The Hall–Kier alpha value is -2.96. The van der Waals surface area contributed by atoms with Crippen molar-refractivity contribution in [1.82, 2.24) is 5.32 Å². The second-order valence-electron chi connectivity index (χ2n) is 8.87. The molecule has 1 N–H and O–H groups in total. The number of hydrogen-bond donors (Lipinski definition) is 1. The molecule has 32 heavy (non-hydrogen) atoms. The average molecular weight is 441 g/mol. The molecule has 1 aliphatic heterocycles. The number of Topliss-reactive ketones (excluding diaryl/α,β-unsaturated/α-hetero) is 1. The summed E-state index contributed by atoms with van der Waals surface area (Å²) in [5.74, 6) is -4.38. The van der Waals surface area contributed by atoms with Gasteiger partial charge in [-0.3, -0.25) is 9.59 Å². The maximum Gasteiger partial charge on any atom is 0.337 e.